The molecule has 0 atom stereocenters. The summed E-state index contributed by atoms with van der Waals surface area (Å²) in [5, 5.41) is 5.61. The number of hydrogen-bond donors (Lipinski definition) is 2. The van der Waals surface area contributed by atoms with E-state index in [0.717, 1.165) is 11.4 Å². The fourth-order valence-electron chi connectivity index (χ4n) is 2.22. The monoisotopic (exact) mass is 316 g/mol. The fraction of sp³-hybridized carbons (Fsp3) is 0. The molecular formula is C20H16N2O2. The first-order valence-electron chi connectivity index (χ1n) is 7.55. The summed E-state index contributed by atoms with van der Waals surface area (Å²) in [6, 6.07) is 25.0. The van der Waals surface area contributed by atoms with E-state index in [4.69, 9.17) is 0 Å². The number of amides is 2. The molecule has 0 saturated heterocycles. The molecule has 0 aliphatic carbocycles. The van der Waals surface area contributed by atoms with Crippen LogP contribution in [0.3, 0.4) is 0 Å². The molecule has 0 radical (unpaired) electrons. The summed E-state index contributed by atoms with van der Waals surface area (Å²) < 4.78 is 0. The first-order chi connectivity index (χ1) is 11.7. The lowest BCUT2D eigenvalue weighted by atomic mass is 10.1. The van der Waals surface area contributed by atoms with Crippen LogP contribution in [0.5, 0.6) is 0 Å². The van der Waals surface area contributed by atoms with E-state index in [2.05, 4.69) is 10.6 Å². The number of rotatable bonds is 4. The highest BCUT2D eigenvalue weighted by molar-refractivity contribution is 6.07. The van der Waals surface area contributed by atoms with Gasteiger partial charge in [-0.25, -0.2) is 0 Å². The maximum absolute atomic E-state index is 12.2. The zero-order valence-electron chi connectivity index (χ0n) is 12.9. The molecule has 0 aromatic heterocycles. The minimum absolute atomic E-state index is 0.212. The summed E-state index contributed by atoms with van der Waals surface area (Å²) in [7, 11) is 0. The van der Waals surface area contributed by atoms with Crippen LogP contribution in [0.4, 0.5) is 11.4 Å². The molecule has 2 N–H and O–H groups in total. The normalized spacial score (nSPS) is 10.0. The van der Waals surface area contributed by atoms with Gasteiger partial charge in [0.2, 0.25) is 0 Å². The largest absolute Gasteiger partial charge is 0.322 e. The summed E-state index contributed by atoms with van der Waals surface area (Å²) in [5.41, 5.74) is 2.45. The van der Waals surface area contributed by atoms with Crippen LogP contribution in [0.25, 0.3) is 0 Å². The summed E-state index contributed by atoms with van der Waals surface area (Å²) >= 11 is 0. The van der Waals surface area contributed by atoms with Gasteiger partial charge in [0, 0.05) is 22.5 Å². The third-order valence-electron chi connectivity index (χ3n) is 3.47. The first kappa shape index (κ1) is 15.5. The number of carbonyl (C=O) groups excluding carboxylic acids is 2. The standard InChI is InChI=1S/C20H16N2O2/c23-19(21-17-7-3-1-4-8-17)15-11-13-16(14-12-15)20(24)22-18-9-5-2-6-10-18/h1-14H,(H,21,23)(H,22,24). The van der Waals surface area contributed by atoms with Gasteiger partial charge < -0.3 is 10.6 Å². The van der Waals surface area contributed by atoms with E-state index in [0.29, 0.717) is 11.1 Å². The molecule has 118 valence electrons. The number of benzene rings is 3. The maximum Gasteiger partial charge on any atom is 0.255 e. The topological polar surface area (TPSA) is 58.2 Å². The molecular weight excluding hydrogens is 300 g/mol. The Kier molecular flexibility index (Phi) is 4.68. The van der Waals surface area contributed by atoms with Crippen LogP contribution in [-0.2, 0) is 0 Å². The van der Waals surface area contributed by atoms with Crippen LogP contribution in [0.2, 0.25) is 0 Å². The minimum Gasteiger partial charge on any atom is -0.322 e. The third-order valence-corrected chi connectivity index (χ3v) is 3.47. The van der Waals surface area contributed by atoms with E-state index in [1.807, 2.05) is 60.7 Å². The van der Waals surface area contributed by atoms with E-state index >= 15 is 0 Å². The van der Waals surface area contributed by atoms with Crippen LogP contribution in [0.1, 0.15) is 20.7 Å². The number of carbonyl (C=O) groups is 2. The second-order valence-electron chi connectivity index (χ2n) is 5.22. The van der Waals surface area contributed by atoms with Gasteiger partial charge in [0.15, 0.2) is 0 Å². The highest BCUT2D eigenvalue weighted by Gasteiger charge is 2.09. The van der Waals surface area contributed by atoms with E-state index in [9.17, 15) is 9.59 Å². The fourth-order valence-corrected chi connectivity index (χ4v) is 2.22. The van der Waals surface area contributed by atoms with Crippen LogP contribution in [-0.4, -0.2) is 11.8 Å². The van der Waals surface area contributed by atoms with Crippen molar-refractivity contribution < 1.29 is 9.59 Å². The molecule has 0 bridgehead atoms. The Hall–Kier alpha value is -3.40. The molecule has 0 aliphatic heterocycles. The van der Waals surface area contributed by atoms with Crippen LogP contribution in [0, 0.1) is 0 Å². The molecule has 3 aromatic rings. The Bertz CT molecular complexity index is 756. The summed E-state index contributed by atoms with van der Waals surface area (Å²) in [6.45, 7) is 0. The molecule has 0 fully saturated rings. The van der Waals surface area contributed by atoms with Crippen molar-refractivity contribution in [2.45, 2.75) is 0 Å². The van der Waals surface area contributed by atoms with Gasteiger partial charge in [-0.05, 0) is 48.5 Å². The van der Waals surface area contributed by atoms with Crippen molar-refractivity contribution in [2.75, 3.05) is 10.6 Å². The molecule has 3 aromatic carbocycles. The predicted octanol–water partition coefficient (Wildman–Crippen LogP) is 4.19. The Morgan fingerprint density at radius 3 is 1.17 bits per heavy atom. The average molecular weight is 316 g/mol. The van der Waals surface area contributed by atoms with Crippen molar-refractivity contribution in [1.82, 2.24) is 0 Å². The lowest BCUT2D eigenvalue weighted by molar-refractivity contribution is 0.101. The molecule has 0 unspecified atom stereocenters. The van der Waals surface area contributed by atoms with Crippen molar-refractivity contribution in [2.24, 2.45) is 0 Å². The first-order valence-corrected chi connectivity index (χ1v) is 7.55. The van der Waals surface area contributed by atoms with Gasteiger partial charge in [-0.15, -0.1) is 0 Å². The average Bonchev–Trinajstić information content (AvgIpc) is 2.63. The van der Waals surface area contributed by atoms with Crippen LogP contribution >= 0.6 is 0 Å². The van der Waals surface area contributed by atoms with Crippen molar-refractivity contribution in [3.63, 3.8) is 0 Å². The van der Waals surface area contributed by atoms with Gasteiger partial charge in [-0.1, -0.05) is 36.4 Å². The molecule has 24 heavy (non-hydrogen) atoms. The number of nitrogens with one attached hydrogen (secondary N) is 2. The van der Waals surface area contributed by atoms with Crippen molar-refractivity contribution in [1.29, 1.82) is 0 Å². The Labute approximate surface area is 140 Å². The van der Waals surface area contributed by atoms with Crippen LogP contribution < -0.4 is 10.6 Å². The lowest BCUT2D eigenvalue weighted by Crippen LogP contribution is -2.14. The second-order valence-corrected chi connectivity index (χ2v) is 5.22. The zero-order chi connectivity index (χ0) is 16.8. The zero-order valence-corrected chi connectivity index (χ0v) is 12.9. The molecule has 0 spiro atoms. The van der Waals surface area contributed by atoms with Gasteiger partial charge in [-0.2, -0.15) is 0 Å². The number of anilines is 2. The lowest BCUT2D eigenvalue weighted by Gasteiger charge is -2.07. The van der Waals surface area contributed by atoms with Crippen molar-refractivity contribution >= 4 is 23.2 Å². The molecule has 3 rings (SSSR count). The van der Waals surface area contributed by atoms with Gasteiger partial charge >= 0.3 is 0 Å². The highest BCUT2D eigenvalue weighted by atomic mass is 16.2. The van der Waals surface area contributed by atoms with E-state index < -0.39 is 0 Å². The molecule has 0 heterocycles. The van der Waals surface area contributed by atoms with E-state index in [1.54, 1.807) is 24.3 Å². The Balaban J connectivity index is 1.66. The Morgan fingerprint density at radius 2 is 0.833 bits per heavy atom. The molecule has 2 amide bonds. The van der Waals surface area contributed by atoms with Gasteiger partial charge in [-0.3, -0.25) is 9.59 Å². The smallest absolute Gasteiger partial charge is 0.255 e. The molecule has 0 saturated carbocycles. The quantitative estimate of drug-likeness (QED) is 0.758. The molecule has 4 nitrogen and oxygen atoms in total. The third kappa shape index (κ3) is 3.87. The van der Waals surface area contributed by atoms with Gasteiger partial charge in [0.05, 0.1) is 0 Å². The van der Waals surface area contributed by atoms with Crippen LogP contribution in [0.15, 0.2) is 84.9 Å². The summed E-state index contributed by atoms with van der Waals surface area (Å²) in [6.07, 6.45) is 0. The van der Waals surface area contributed by atoms with Gasteiger partial charge in [0.1, 0.15) is 0 Å². The summed E-state index contributed by atoms with van der Waals surface area (Å²) in [5.74, 6) is -0.424. The van der Waals surface area contributed by atoms with E-state index in [-0.39, 0.29) is 11.8 Å². The van der Waals surface area contributed by atoms with Gasteiger partial charge in [0.25, 0.3) is 11.8 Å². The summed E-state index contributed by atoms with van der Waals surface area (Å²) in [4.78, 5) is 24.3. The second kappa shape index (κ2) is 7.24. The minimum atomic E-state index is -0.212. The SMILES string of the molecule is O=C(Nc1ccccc1)c1ccc(C(=O)Nc2ccccc2)cc1. The van der Waals surface area contributed by atoms with Crippen molar-refractivity contribution in [3.8, 4) is 0 Å². The Morgan fingerprint density at radius 1 is 0.500 bits per heavy atom. The molecule has 0 aliphatic rings. The van der Waals surface area contributed by atoms with E-state index in [1.165, 1.54) is 0 Å². The highest BCUT2D eigenvalue weighted by Crippen LogP contribution is 2.12. The van der Waals surface area contributed by atoms with Crippen molar-refractivity contribution in [3.05, 3.63) is 96.1 Å². The maximum atomic E-state index is 12.2. The molecule has 4 heteroatoms. The predicted molar refractivity (Wildman–Crippen MR) is 95.2 cm³/mol. The number of para-hydroxylation sites is 2. The number of hydrogen-bond acceptors (Lipinski definition) is 2.